The van der Waals surface area contributed by atoms with E-state index >= 15 is 0 Å². The number of aryl methyl sites for hydroxylation is 2. The molecule has 3 aromatic rings. The lowest BCUT2D eigenvalue weighted by atomic mass is 9.99. The molecular formula is C36H47N7O5. The summed E-state index contributed by atoms with van der Waals surface area (Å²) in [4.78, 5) is 39.1. The molecule has 2 amide bonds. The first kappa shape index (κ1) is 34.8. The van der Waals surface area contributed by atoms with Crippen LogP contribution in [-0.2, 0) is 4.79 Å². The molecule has 2 aromatic heterocycles. The highest BCUT2D eigenvalue weighted by Gasteiger charge is 2.30. The fraction of sp³-hybridized carbons (Fsp3) is 0.444. The van der Waals surface area contributed by atoms with Gasteiger partial charge in [0.2, 0.25) is 5.91 Å². The second kappa shape index (κ2) is 15.6. The van der Waals surface area contributed by atoms with E-state index in [1.807, 2.05) is 37.9 Å². The van der Waals surface area contributed by atoms with Crippen molar-refractivity contribution >= 4 is 23.3 Å². The average molecular weight is 658 g/mol. The van der Waals surface area contributed by atoms with Crippen LogP contribution < -0.4 is 20.7 Å². The molecule has 1 saturated carbocycles. The molecule has 0 spiro atoms. The fourth-order valence-corrected chi connectivity index (χ4v) is 6.19. The lowest BCUT2D eigenvalue weighted by molar-refractivity contribution is -0.130. The number of nitrogens with one attached hydrogen (secondary N) is 3. The van der Waals surface area contributed by atoms with Gasteiger partial charge in [-0.1, -0.05) is 12.6 Å². The minimum absolute atomic E-state index is 0.0226. The Bertz CT molecular complexity index is 1610. The molecule has 2 aliphatic rings. The van der Waals surface area contributed by atoms with E-state index in [1.165, 1.54) is 30.7 Å². The zero-order valence-corrected chi connectivity index (χ0v) is 28.2. The maximum Gasteiger partial charge on any atom is 0.253 e. The highest BCUT2D eigenvalue weighted by molar-refractivity contribution is 6.00. The van der Waals surface area contributed by atoms with Crippen molar-refractivity contribution in [3.63, 3.8) is 0 Å². The first-order valence-corrected chi connectivity index (χ1v) is 16.5. The van der Waals surface area contributed by atoms with Gasteiger partial charge in [0.05, 0.1) is 30.1 Å². The number of ether oxygens (including phenoxy) is 1. The number of aliphatic hydroxyl groups excluding tert-OH is 2. The number of hydrogen-bond acceptors (Lipinski definition) is 10. The zero-order valence-electron chi connectivity index (χ0n) is 28.2. The van der Waals surface area contributed by atoms with Crippen molar-refractivity contribution in [3.05, 3.63) is 88.9 Å². The summed E-state index contributed by atoms with van der Waals surface area (Å²) in [5.41, 5.74) is 5.15. The second-order valence-corrected chi connectivity index (χ2v) is 12.6. The number of carbonyl (C=O) groups excluding carboxylic acids is 2. The van der Waals surface area contributed by atoms with Gasteiger partial charge in [0, 0.05) is 56.7 Å². The minimum atomic E-state index is -1.15. The molecule has 1 aliphatic heterocycles. The summed E-state index contributed by atoms with van der Waals surface area (Å²) in [6.07, 6.45) is 6.08. The number of aliphatic hydroxyl groups is 2. The van der Waals surface area contributed by atoms with E-state index in [4.69, 9.17) is 14.8 Å². The van der Waals surface area contributed by atoms with Gasteiger partial charge in [-0.05, 0) is 86.6 Å². The molecule has 1 aromatic carbocycles. The van der Waals surface area contributed by atoms with Crippen LogP contribution in [0.1, 0.15) is 76.3 Å². The summed E-state index contributed by atoms with van der Waals surface area (Å²) in [5.74, 6) is 1.20. The van der Waals surface area contributed by atoms with Crippen molar-refractivity contribution in [2.24, 2.45) is 0 Å². The van der Waals surface area contributed by atoms with Crippen molar-refractivity contribution in [1.29, 1.82) is 0 Å². The lowest BCUT2D eigenvalue weighted by Gasteiger charge is -2.40. The van der Waals surface area contributed by atoms with E-state index in [1.54, 1.807) is 19.2 Å². The Labute approximate surface area is 282 Å². The molecule has 12 nitrogen and oxygen atoms in total. The highest BCUT2D eigenvalue weighted by atomic mass is 16.5. The van der Waals surface area contributed by atoms with E-state index in [-0.39, 0.29) is 37.1 Å². The van der Waals surface area contributed by atoms with Gasteiger partial charge in [-0.15, -0.1) is 0 Å². The van der Waals surface area contributed by atoms with Crippen LogP contribution in [0.15, 0.2) is 55.4 Å². The molecule has 3 heterocycles. The molecule has 1 aliphatic carbocycles. The van der Waals surface area contributed by atoms with Crippen molar-refractivity contribution in [3.8, 4) is 5.75 Å². The Morgan fingerprint density at radius 3 is 2.52 bits per heavy atom. The maximum atomic E-state index is 13.3. The number of pyridine rings is 2. The van der Waals surface area contributed by atoms with Crippen LogP contribution in [0.4, 0.5) is 11.5 Å². The van der Waals surface area contributed by atoms with Crippen LogP contribution in [0.2, 0.25) is 0 Å². The summed E-state index contributed by atoms with van der Waals surface area (Å²) in [6, 6.07) is 9.33. The third-order valence-corrected chi connectivity index (χ3v) is 9.01. The topological polar surface area (TPSA) is 152 Å². The standard InChI is InChI=1S/C36H47N7O5/c1-6-33(45)43-12-11-42(20-24(43)4)21-32(30-10-9-26(18-38-30)25-7-8-25)40-31-16-22(2)28(17-29(31)35(46)37-5)36(47)41-34-23(3)15-27(19-39-34)48-14-13-44/h6,9-10,15-19,24-25,32,36,40,44,47H,1,7-8,11-14,20-21H2,2-5H3,(H,37,46)(H,39,41)/t24-,32-,36?/m1/s1. The number of anilines is 2. The summed E-state index contributed by atoms with van der Waals surface area (Å²) < 4.78 is 5.44. The molecule has 48 heavy (non-hydrogen) atoms. The Kier molecular flexibility index (Phi) is 11.3. The second-order valence-electron chi connectivity index (χ2n) is 12.6. The summed E-state index contributed by atoms with van der Waals surface area (Å²) in [7, 11) is 1.58. The molecule has 3 atom stereocenters. The van der Waals surface area contributed by atoms with Crippen LogP contribution in [0, 0.1) is 13.8 Å². The molecule has 2 fully saturated rings. The summed E-state index contributed by atoms with van der Waals surface area (Å²) in [5, 5.41) is 29.8. The number of benzene rings is 1. The van der Waals surface area contributed by atoms with Crippen molar-refractivity contribution in [2.75, 3.05) is 57.1 Å². The fourth-order valence-electron chi connectivity index (χ4n) is 6.19. The molecule has 0 bridgehead atoms. The number of carbonyl (C=O) groups is 2. The molecule has 0 radical (unpaired) electrons. The van der Waals surface area contributed by atoms with E-state index in [0.717, 1.165) is 16.8 Å². The average Bonchev–Trinajstić information content (AvgIpc) is 3.93. The molecular weight excluding hydrogens is 610 g/mol. The third kappa shape index (κ3) is 8.30. The van der Waals surface area contributed by atoms with Crippen molar-refractivity contribution < 1.29 is 24.5 Å². The Balaban J connectivity index is 1.41. The van der Waals surface area contributed by atoms with Crippen LogP contribution >= 0.6 is 0 Å². The van der Waals surface area contributed by atoms with Crippen molar-refractivity contribution in [2.45, 2.75) is 57.8 Å². The number of amides is 2. The molecule has 5 N–H and O–H groups in total. The molecule has 5 rings (SSSR count). The Morgan fingerprint density at radius 1 is 1.10 bits per heavy atom. The molecule has 1 saturated heterocycles. The van der Waals surface area contributed by atoms with Crippen LogP contribution in [0.3, 0.4) is 0 Å². The molecule has 12 heteroatoms. The predicted octanol–water partition coefficient (Wildman–Crippen LogP) is 3.68. The van der Waals surface area contributed by atoms with E-state index in [0.29, 0.717) is 60.5 Å². The summed E-state index contributed by atoms with van der Waals surface area (Å²) >= 11 is 0. The Morgan fingerprint density at radius 2 is 1.90 bits per heavy atom. The van der Waals surface area contributed by atoms with Crippen LogP contribution in [-0.4, -0.2) is 94.3 Å². The van der Waals surface area contributed by atoms with Gasteiger partial charge < -0.3 is 35.8 Å². The van der Waals surface area contributed by atoms with E-state index < -0.39 is 6.23 Å². The van der Waals surface area contributed by atoms with Crippen LogP contribution in [0.25, 0.3) is 0 Å². The van der Waals surface area contributed by atoms with Gasteiger partial charge in [-0.3, -0.25) is 19.5 Å². The largest absolute Gasteiger partial charge is 0.490 e. The van der Waals surface area contributed by atoms with Gasteiger partial charge in [-0.25, -0.2) is 4.98 Å². The number of hydrogen-bond donors (Lipinski definition) is 5. The number of aromatic nitrogens is 2. The van der Waals surface area contributed by atoms with Gasteiger partial charge in [0.1, 0.15) is 18.2 Å². The number of piperazine rings is 1. The first-order chi connectivity index (χ1) is 23.1. The lowest BCUT2D eigenvalue weighted by Crippen LogP contribution is -2.54. The maximum absolute atomic E-state index is 13.3. The van der Waals surface area contributed by atoms with E-state index in [9.17, 15) is 14.7 Å². The Hall–Kier alpha value is -4.52. The van der Waals surface area contributed by atoms with Gasteiger partial charge in [-0.2, -0.15) is 0 Å². The van der Waals surface area contributed by atoms with E-state index in [2.05, 4.69) is 44.5 Å². The molecule has 1 unspecified atom stereocenters. The number of rotatable bonds is 14. The molecule has 256 valence electrons. The monoisotopic (exact) mass is 657 g/mol. The normalized spacial score (nSPS) is 17.7. The smallest absolute Gasteiger partial charge is 0.253 e. The van der Waals surface area contributed by atoms with Gasteiger partial charge in [0.25, 0.3) is 5.91 Å². The quantitative estimate of drug-likeness (QED) is 0.128. The summed E-state index contributed by atoms with van der Waals surface area (Å²) in [6.45, 7) is 12.1. The minimum Gasteiger partial charge on any atom is -0.490 e. The zero-order chi connectivity index (χ0) is 34.4. The van der Waals surface area contributed by atoms with Gasteiger partial charge >= 0.3 is 0 Å². The predicted molar refractivity (Wildman–Crippen MR) is 185 cm³/mol. The number of nitrogens with zero attached hydrogens (tertiary/aromatic N) is 4. The highest BCUT2D eigenvalue weighted by Crippen LogP contribution is 2.40. The van der Waals surface area contributed by atoms with Gasteiger partial charge in [0.15, 0.2) is 6.23 Å². The third-order valence-electron chi connectivity index (χ3n) is 9.01. The van der Waals surface area contributed by atoms with Crippen molar-refractivity contribution in [1.82, 2.24) is 25.1 Å². The SMILES string of the molecule is C=CC(=O)N1CCN(C[C@@H](Nc2cc(C)c(C(O)Nc3ncc(OCCO)cc3C)cc2C(=O)NC)c2ccc(C3CC3)cn2)C[C@H]1C. The van der Waals surface area contributed by atoms with Crippen LogP contribution in [0.5, 0.6) is 5.75 Å². The first-order valence-electron chi connectivity index (χ1n) is 16.5.